The molecule has 1 heterocycles. The van der Waals surface area contributed by atoms with Crippen LogP contribution in [0.5, 0.6) is 0 Å². The lowest BCUT2D eigenvalue weighted by atomic mass is 10.0. The molecule has 1 N–H and O–H groups in total. The molecule has 3 heteroatoms. The maximum absolute atomic E-state index is 3.62. The Morgan fingerprint density at radius 1 is 1.15 bits per heavy atom. The Morgan fingerprint density at radius 3 is 2.70 bits per heavy atom. The van der Waals surface area contributed by atoms with Crippen molar-refractivity contribution in [3.8, 4) is 0 Å². The van der Waals surface area contributed by atoms with Gasteiger partial charge in [0.15, 0.2) is 0 Å². The van der Waals surface area contributed by atoms with Gasteiger partial charge in [0.05, 0.1) is 0 Å². The maximum atomic E-state index is 3.62. The predicted molar refractivity (Wildman–Crippen MR) is 88.3 cm³/mol. The molecule has 0 aromatic heterocycles. The summed E-state index contributed by atoms with van der Waals surface area (Å²) in [7, 11) is 0. The van der Waals surface area contributed by atoms with Crippen LogP contribution in [0.1, 0.15) is 17.2 Å². The molecule has 0 aliphatic carbocycles. The Morgan fingerprint density at radius 2 is 1.95 bits per heavy atom. The summed E-state index contributed by atoms with van der Waals surface area (Å²) in [5.41, 5.74) is 4.04. The summed E-state index contributed by atoms with van der Waals surface area (Å²) in [6.07, 6.45) is 0. The van der Waals surface area contributed by atoms with E-state index in [1.807, 2.05) is 0 Å². The molecule has 1 saturated heterocycles. The normalized spacial score (nSPS) is 19.1. The fourth-order valence-corrected chi connectivity index (χ4v) is 3.33. The first-order chi connectivity index (χ1) is 9.74. The molecule has 1 aliphatic rings. The molecular weight excluding hydrogens is 312 g/mol. The first-order valence-corrected chi connectivity index (χ1v) is 7.83. The largest absolute Gasteiger partial charge is 0.368 e. The van der Waals surface area contributed by atoms with Crippen LogP contribution >= 0.6 is 15.9 Å². The lowest BCUT2D eigenvalue weighted by Crippen LogP contribution is -2.46. The van der Waals surface area contributed by atoms with Gasteiger partial charge in [0, 0.05) is 35.8 Å². The first kappa shape index (κ1) is 13.7. The van der Waals surface area contributed by atoms with Crippen LogP contribution in [-0.2, 0) is 0 Å². The molecule has 2 aromatic carbocycles. The van der Waals surface area contributed by atoms with Crippen molar-refractivity contribution < 1.29 is 0 Å². The smallest absolute Gasteiger partial charge is 0.0498 e. The van der Waals surface area contributed by atoms with Crippen molar-refractivity contribution in [2.24, 2.45) is 0 Å². The number of hydrogen-bond acceptors (Lipinski definition) is 2. The van der Waals surface area contributed by atoms with Crippen LogP contribution in [0.25, 0.3) is 0 Å². The average molecular weight is 331 g/mol. The zero-order valence-corrected chi connectivity index (χ0v) is 13.2. The van der Waals surface area contributed by atoms with Crippen LogP contribution in [0, 0.1) is 6.92 Å². The monoisotopic (exact) mass is 330 g/mol. The summed E-state index contributed by atoms with van der Waals surface area (Å²) >= 11 is 3.54. The number of hydrogen-bond donors (Lipinski definition) is 1. The third-order valence-electron chi connectivity index (χ3n) is 3.88. The molecule has 0 amide bonds. The van der Waals surface area contributed by atoms with E-state index >= 15 is 0 Å². The molecule has 104 valence electrons. The molecule has 1 aliphatic heterocycles. The number of nitrogens with one attached hydrogen (secondary N) is 1. The van der Waals surface area contributed by atoms with Crippen molar-refractivity contribution in [3.63, 3.8) is 0 Å². The number of benzene rings is 2. The summed E-state index contributed by atoms with van der Waals surface area (Å²) in [5, 5.41) is 3.62. The van der Waals surface area contributed by atoms with Crippen molar-refractivity contribution >= 4 is 21.6 Å². The molecule has 0 radical (unpaired) electrons. The van der Waals surface area contributed by atoms with Gasteiger partial charge >= 0.3 is 0 Å². The van der Waals surface area contributed by atoms with Crippen LogP contribution in [0.15, 0.2) is 53.0 Å². The number of nitrogens with zero attached hydrogens (tertiary/aromatic N) is 1. The molecule has 1 fully saturated rings. The molecule has 3 rings (SSSR count). The highest BCUT2D eigenvalue weighted by Gasteiger charge is 2.21. The van der Waals surface area contributed by atoms with E-state index in [-0.39, 0.29) is 0 Å². The van der Waals surface area contributed by atoms with Gasteiger partial charge in [-0.05, 0) is 36.2 Å². The summed E-state index contributed by atoms with van der Waals surface area (Å²) < 4.78 is 1.15. The quantitative estimate of drug-likeness (QED) is 0.898. The summed E-state index contributed by atoms with van der Waals surface area (Å²) in [6.45, 7) is 5.28. The Balaban J connectivity index is 1.81. The summed E-state index contributed by atoms with van der Waals surface area (Å²) in [6, 6.07) is 17.6. The molecule has 0 saturated carbocycles. The Hall–Kier alpha value is -1.32. The number of halogens is 1. The van der Waals surface area contributed by atoms with Gasteiger partial charge < -0.3 is 10.2 Å². The minimum atomic E-state index is 0.410. The summed E-state index contributed by atoms with van der Waals surface area (Å²) in [4.78, 5) is 2.48. The zero-order valence-electron chi connectivity index (χ0n) is 11.6. The second-order valence-corrected chi connectivity index (χ2v) is 6.21. The van der Waals surface area contributed by atoms with Crippen molar-refractivity contribution in [3.05, 3.63) is 64.1 Å². The highest BCUT2D eigenvalue weighted by Crippen LogP contribution is 2.27. The maximum Gasteiger partial charge on any atom is 0.0498 e. The van der Waals surface area contributed by atoms with Gasteiger partial charge in [-0.1, -0.05) is 46.3 Å². The van der Waals surface area contributed by atoms with E-state index in [1.165, 1.54) is 16.8 Å². The van der Waals surface area contributed by atoms with Crippen LogP contribution in [0.4, 0.5) is 5.69 Å². The van der Waals surface area contributed by atoms with Crippen LogP contribution in [-0.4, -0.2) is 19.6 Å². The van der Waals surface area contributed by atoms with Gasteiger partial charge in [0.1, 0.15) is 0 Å². The Labute approximate surface area is 128 Å². The standard InChI is InChI=1S/C17H19BrN2/c1-13-11-15(18)7-8-17(13)20-10-9-19-16(12-20)14-5-3-2-4-6-14/h2-8,11,16,19H,9-10,12H2,1H3. The van der Waals surface area contributed by atoms with Gasteiger partial charge in [-0.2, -0.15) is 0 Å². The van der Waals surface area contributed by atoms with E-state index < -0.39 is 0 Å². The van der Waals surface area contributed by atoms with Gasteiger partial charge in [-0.15, -0.1) is 0 Å². The van der Waals surface area contributed by atoms with E-state index in [4.69, 9.17) is 0 Å². The first-order valence-electron chi connectivity index (χ1n) is 7.03. The Kier molecular flexibility index (Phi) is 4.08. The van der Waals surface area contributed by atoms with Crippen LogP contribution in [0.2, 0.25) is 0 Å². The van der Waals surface area contributed by atoms with Crippen molar-refractivity contribution in [1.82, 2.24) is 5.32 Å². The fourth-order valence-electron chi connectivity index (χ4n) is 2.85. The number of anilines is 1. The molecule has 0 bridgehead atoms. The van der Waals surface area contributed by atoms with Gasteiger partial charge in [-0.25, -0.2) is 0 Å². The minimum absolute atomic E-state index is 0.410. The molecule has 0 spiro atoms. The highest BCUT2D eigenvalue weighted by molar-refractivity contribution is 9.10. The van der Waals surface area contributed by atoms with Crippen LogP contribution < -0.4 is 10.2 Å². The number of piperazine rings is 1. The highest BCUT2D eigenvalue weighted by atomic mass is 79.9. The lowest BCUT2D eigenvalue weighted by molar-refractivity contribution is 0.471. The van der Waals surface area contributed by atoms with E-state index in [0.29, 0.717) is 6.04 Å². The lowest BCUT2D eigenvalue weighted by Gasteiger charge is -2.36. The topological polar surface area (TPSA) is 15.3 Å². The van der Waals surface area contributed by atoms with E-state index in [9.17, 15) is 0 Å². The second-order valence-electron chi connectivity index (χ2n) is 5.29. The fraction of sp³-hybridized carbons (Fsp3) is 0.294. The van der Waals surface area contributed by atoms with Gasteiger partial charge in [0.25, 0.3) is 0 Å². The van der Waals surface area contributed by atoms with E-state index in [0.717, 1.165) is 24.1 Å². The average Bonchev–Trinajstić information content (AvgIpc) is 2.48. The molecule has 20 heavy (non-hydrogen) atoms. The van der Waals surface area contributed by atoms with Crippen molar-refractivity contribution in [2.45, 2.75) is 13.0 Å². The van der Waals surface area contributed by atoms with E-state index in [2.05, 4.69) is 81.6 Å². The molecule has 2 nitrogen and oxygen atoms in total. The number of aryl methyl sites for hydroxylation is 1. The molecular formula is C17H19BrN2. The summed E-state index contributed by atoms with van der Waals surface area (Å²) in [5.74, 6) is 0. The van der Waals surface area contributed by atoms with Crippen molar-refractivity contribution in [1.29, 1.82) is 0 Å². The molecule has 1 unspecified atom stereocenters. The second kappa shape index (κ2) is 5.98. The molecule has 1 atom stereocenters. The van der Waals surface area contributed by atoms with Crippen LogP contribution in [0.3, 0.4) is 0 Å². The SMILES string of the molecule is Cc1cc(Br)ccc1N1CCNC(c2ccccc2)C1. The van der Waals surface area contributed by atoms with E-state index in [1.54, 1.807) is 0 Å². The molecule has 2 aromatic rings. The number of rotatable bonds is 2. The van der Waals surface area contributed by atoms with Gasteiger partial charge in [0.2, 0.25) is 0 Å². The van der Waals surface area contributed by atoms with Crippen molar-refractivity contribution in [2.75, 3.05) is 24.5 Å². The third kappa shape index (κ3) is 2.89. The third-order valence-corrected chi connectivity index (χ3v) is 4.37. The zero-order chi connectivity index (χ0) is 13.9. The van der Waals surface area contributed by atoms with Gasteiger partial charge in [-0.3, -0.25) is 0 Å². The Bertz CT molecular complexity index is 583. The minimum Gasteiger partial charge on any atom is -0.368 e. The predicted octanol–water partition coefficient (Wildman–Crippen LogP) is 3.91.